The van der Waals surface area contributed by atoms with Gasteiger partial charge in [0.05, 0.1) is 11.8 Å². The SMILES string of the molecule is Cc1cc(F)c(NCC(O)c2ccccc2F)cc1F. The number of hydrogen-bond acceptors (Lipinski definition) is 2. The van der Waals surface area contributed by atoms with E-state index in [-0.39, 0.29) is 23.4 Å². The normalized spacial score (nSPS) is 12.2. The Morgan fingerprint density at radius 2 is 1.75 bits per heavy atom. The van der Waals surface area contributed by atoms with Crippen molar-refractivity contribution in [2.45, 2.75) is 13.0 Å². The average Bonchev–Trinajstić information content (AvgIpc) is 2.41. The Labute approximate surface area is 114 Å². The van der Waals surface area contributed by atoms with Gasteiger partial charge in [0.1, 0.15) is 17.5 Å². The summed E-state index contributed by atoms with van der Waals surface area (Å²) in [6.45, 7) is 1.33. The van der Waals surface area contributed by atoms with Gasteiger partial charge < -0.3 is 10.4 Å². The smallest absolute Gasteiger partial charge is 0.146 e. The Morgan fingerprint density at radius 1 is 1.05 bits per heavy atom. The van der Waals surface area contributed by atoms with E-state index in [1.807, 2.05) is 0 Å². The van der Waals surface area contributed by atoms with Crippen molar-refractivity contribution in [3.8, 4) is 0 Å². The monoisotopic (exact) mass is 281 g/mol. The Hall–Kier alpha value is -2.01. The number of aliphatic hydroxyl groups excluding tert-OH is 1. The summed E-state index contributed by atoms with van der Waals surface area (Å²) in [5.41, 5.74) is 0.235. The van der Waals surface area contributed by atoms with E-state index in [9.17, 15) is 18.3 Å². The second-order valence-electron chi connectivity index (χ2n) is 4.50. The van der Waals surface area contributed by atoms with E-state index in [1.165, 1.54) is 25.1 Å². The molecule has 2 aromatic rings. The van der Waals surface area contributed by atoms with Crippen molar-refractivity contribution in [3.63, 3.8) is 0 Å². The van der Waals surface area contributed by atoms with Gasteiger partial charge in [0.2, 0.25) is 0 Å². The molecule has 1 atom stereocenters. The lowest BCUT2D eigenvalue weighted by atomic mass is 10.1. The van der Waals surface area contributed by atoms with E-state index in [0.717, 1.165) is 12.1 Å². The number of nitrogens with one attached hydrogen (secondary N) is 1. The van der Waals surface area contributed by atoms with Gasteiger partial charge in [0.25, 0.3) is 0 Å². The number of benzene rings is 2. The Balaban J connectivity index is 2.09. The summed E-state index contributed by atoms with van der Waals surface area (Å²) >= 11 is 0. The minimum absolute atomic E-state index is 0.0662. The maximum absolute atomic E-state index is 13.6. The van der Waals surface area contributed by atoms with E-state index in [4.69, 9.17) is 0 Å². The van der Waals surface area contributed by atoms with Crippen molar-refractivity contribution >= 4 is 5.69 Å². The molecule has 0 aliphatic carbocycles. The predicted octanol–water partition coefficient (Wildman–Crippen LogP) is 3.56. The van der Waals surface area contributed by atoms with Gasteiger partial charge in [0, 0.05) is 18.2 Å². The standard InChI is InChI=1S/C15H14F3NO/c1-9-6-13(18)14(7-12(9)17)19-8-15(20)10-4-2-3-5-11(10)16/h2-7,15,19-20H,8H2,1H3. The molecule has 20 heavy (non-hydrogen) atoms. The molecule has 1 unspecified atom stereocenters. The topological polar surface area (TPSA) is 32.3 Å². The maximum atomic E-state index is 13.6. The number of anilines is 1. The van der Waals surface area contributed by atoms with Crippen LogP contribution in [0, 0.1) is 24.4 Å². The number of aryl methyl sites for hydroxylation is 1. The molecular formula is C15H14F3NO. The summed E-state index contributed by atoms with van der Waals surface area (Å²) in [6.07, 6.45) is -1.15. The summed E-state index contributed by atoms with van der Waals surface area (Å²) in [4.78, 5) is 0. The molecule has 0 spiro atoms. The van der Waals surface area contributed by atoms with Crippen LogP contribution in [0.5, 0.6) is 0 Å². The number of halogens is 3. The molecule has 0 amide bonds. The molecular weight excluding hydrogens is 267 g/mol. The molecule has 0 saturated heterocycles. The highest BCUT2D eigenvalue weighted by molar-refractivity contribution is 5.47. The average molecular weight is 281 g/mol. The second kappa shape index (κ2) is 5.96. The van der Waals surface area contributed by atoms with Crippen molar-refractivity contribution in [3.05, 3.63) is 65.0 Å². The van der Waals surface area contributed by atoms with Crippen LogP contribution in [0.1, 0.15) is 17.2 Å². The van der Waals surface area contributed by atoms with E-state index in [1.54, 1.807) is 6.07 Å². The van der Waals surface area contributed by atoms with Crippen LogP contribution in [0.3, 0.4) is 0 Å². The fourth-order valence-corrected chi connectivity index (χ4v) is 1.84. The lowest BCUT2D eigenvalue weighted by Crippen LogP contribution is -2.14. The van der Waals surface area contributed by atoms with Gasteiger partial charge in [0.15, 0.2) is 0 Å². The molecule has 0 aromatic heterocycles. The molecule has 0 bridgehead atoms. The van der Waals surface area contributed by atoms with Crippen molar-refractivity contribution in [2.75, 3.05) is 11.9 Å². The predicted molar refractivity (Wildman–Crippen MR) is 70.9 cm³/mol. The number of hydrogen-bond donors (Lipinski definition) is 2. The number of rotatable bonds is 4. The summed E-state index contributed by atoms with van der Waals surface area (Å²) in [6, 6.07) is 7.84. The first-order valence-electron chi connectivity index (χ1n) is 6.11. The second-order valence-corrected chi connectivity index (χ2v) is 4.50. The number of aliphatic hydroxyl groups is 1. The van der Waals surface area contributed by atoms with E-state index >= 15 is 0 Å². The molecule has 0 saturated carbocycles. The van der Waals surface area contributed by atoms with Crippen molar-refractivity contribution < 1.29 is 18.3 Å². The lowest BCUT2D eigenvalue weighted by Gasteiger charge is -2.14. The molecule has 2 rings (SSSR count). The summed E-state index contributed by atoms with van der Waals surface area (Å²) in [7, 11) is 0. The van der Waals surface area contributed by atoms with Crippen LogP contribution in [0.4, 0.5) is 18.9 Å². The van der Waals surface area contributed by atoms with Gasteiger partial charge in [-0.25, -0.2) is 13.2 Å². The van der Waals surface area contributed by atoms with Crippen LogP contribution in [-0.2, 0) is 0 Å². The van der Waals surface area contributed by atoms with Crippen molar-refractivity contribution in [1.82, 2.24) is 0 Å². The molecule has 2 aromatic carbocycles. The van der Waals surface area contributed by atoms with Crippen LogP contribution in [-0.4, -0.2) is 11.7 Å². The molecule has 0 radical (unpaired) electrons. The van der Waals surface area contributed by atoms with E-state index in [2.05, 4.69) is 5.32 Å². The quantitative estimate of drug-likeness (QED) is 0.898. The van der Waals surface area contributed by atoms with Crippen LogP contribution >= 0.6 is 0 Å². The first-order chi connectivity index (χ1) is 9.49. The van der Waals surface area contributed by atoms with E-state index in [0.29, 0.717) is 0 Å². The van der Waals surface area contributed by atoms with Gasteiger partial charge in [-0.1, -0.05) is 18.2 Å². The van der Waals surface area contributed by atoms with Crippen molar-refractivity contribution in [1.29, 1.82) is 0 Å². The molecule has 2 nitrogen and oxygen atoms in total. The first kappa shape index (κ1) is 14.4. The highest BCUT2D eigenvalue weighted by Crippen LogP contribution is 2.21. The third kappa shape index (κ3) is 3.11. The van der Waals surface area contributed by atoms with Crippen LogP contribution in [0.2, 0.25) is 0 Å². The molecule has 2 N–H and O–H groups in total. The highest BCUT2D eigenvalue weighted by Gasteiger charge is 2.13. The highest BCUT2D eigenvalue weighted by atomic mass is 19.1. The van der Waals surface area contributed by atoms with E-state index < -0.39 is 23.6 Å². The zero-order chi connectivity index (χ0) is 14.7. The van der Waals surface area contributed by atoms with Crippen LogP contribution in [0.25, 0.3) is 0 Å². The van der Waals surface area contributed by atoms with Crippen LogP contribution < -0.4 is 5.32 Å². The van der Waals surface area contributed by atoms with Gasteiger partial charge in [-0.05, 0) is 24.6 Å². The first-order valence-corrected chi connectivity index (χ1v) is 6.11. The largest absolute Gasteiger partial charge is 0.386 e. The maximum Gasteiger partial charge on any atom is 0.146 e. The summed E-state index contributed by atoms with van der Waals surface area (Å²) in [5.74, 6) is -1.71. The van der Waals surface area contributed by atoms with Gasteiger partial charge in [-0.2, -0.15) is 0 Å². The summed E-state index contributed by atoms with van der Waals surface area (Å²) < 4.78 is 40.4. The molecule has 0 heterocycles. The van der Waals surface area contributed by atoms with Gasteiger partial charge in [-0.3, -0.25) is 0 Å². The third-order valence-corrected chi connectivity index (χ3v) is 3.00. The molecule has 0 aliphatic rings. The summed E-state index contributed by atoms with van der Waals surface area (Å²) in [5, 5.41) is 12.4. The fourth-order valence-electron chi connectivity index (χ4n) is 1.84. The van der Waals surface area contributed by atoms with Gasteiger partial charge in [-0.15, -0.1) is 0 Å². The van der Waals surface area contributed by atoms with Crippen molar-refractivity contribution in [2.24, 2.45) is 0 Å². The Bertz CT molecular complexity index is 616. The molecule has 0 aliphatic heterocycles. The zero-order valence-electron chi connectivity index (χ0n) is 10.8. The molecule has 106 valence electrons. The Kier molecular flexibility index (Phi) is 4.29. The van der Waals surface area contributed by atoms with Crippen LogP contribution in [0.15, 0.2) is 36.4 Å². The minimum Gasteiger partial charge on any atom is -0.386 e. The fraction of sp³-hybridized carbons (Fsp3) is 0.200. The molecule has 0 fully saturated rings. The van der Waals surface area contributed by atoms with Gasteiger partial charge >= 0.3 is 0 Å². The third-order valence-electron chi connectivity index (χ3n) is 3.00. The lowest BCUT2D eigenvalue weighted by molar-refractivity contribution is 0.186. The minimum atomic E-state index is -1.15. The molecule has 5 heteroatoms. The Morgan fingerprint density at radius 3 is 2.45 bits per heavy atom. The zero-order valence-corrected chi connectivity index (χ0v) is 10.8.